The van der Waals surface area contributed by atoms with Crippen LogP contribution in [0.25, 0.3) is 0 Å². The maximum atomic E-state index is 15.3. The third kappa shape index (κ3) is 8.72. The molecule has 10 nitrogen and oxygen atoms in total. The Morgan fingerprint density at radius 2 is 1.57 bits per heavy atom. The number of ether oxygens (including phenoxy) is 2. The monoisotopic (exact) mass is 723 g/mol. The highest BCUT2D eigenvalue weighted by molar-refractivity contribution is 7.99. The van der Waals surface area contributed by atoms with Gasteiger partial charge in [0, 0.05) is 39.3 Å². The molecule has 0 bridgehead atoms. The lowest BCUT2D eigenvalue weighted by Gasteiger charge is -2.35. The van der Waals surface area contributed by atoms with Crippen molar-refractivity contribution in [2.75, 3.05) is 43.3 Å². The number of benzene rings is 3. The van der Waals surface area contributed by atoms with Crippen LogP contribution >= 0.6 is 42.4 Å². The number of aromatic nitrogens is 2. The summed E-state index contributed by atoms with van der Waals surface area (Å²) < 4.78 is 55.4. The van der Waals surface area contributed by atoms with Crippen LogP contribution in [0, 0.1) is 6.92 Å². The summed E-state index contributed by atoms with van der Waals surface area (Å²) in [6.07, 6.45) is 0. The summed E-state index contributed by atoms with van der Waals surface area (Å²) in [6.45, 7) is 2.80. The molecule has 0 radical (unpaired) electrons. The lowest BCUT2D eigenvalue weighted by atomic mass is 10.2. The molecule has 47 heavy (non-hydrogen) atoms. The van der Waals surface area contributed by atoms with Gasteiger partial charge in [0.05, 0.1) is 31.0 Å². The third-order valence-corrected chi connectivity index (χ3v) is 11.2. The first-order valence-electron chi connectivity index (χ1n) is 14.4. The van der Waals surface area contributed by atoms with E-state index in [1.54, 1.807) is 72.3 Å². The number of rotatable bonds is 12. The zero-order chi connectivity index (χ0) is 33.6. The van der Waals surface area contributed by atoms with Crippen molar-refractivity contribution < 1.29 is 32.4 Å². The molecule has 16 heteroatoms. The van der Waals surface area contributed by atoms with Crippen LogP contribution in [0.15, 0.2) is 77.7 Å². The lowest BCUT2D eigenvalue weighted by molar-refractivity contribution is 0.0488. The van der Waals surface area contributed by atoms with Gasteiger partial charge >= 0.3 is 5.97 Å². The second-order valence-electron chi connectivity index (χ2n) is 10.3. The molecule has 1 fully saturated rings. The van der Waals surface area contributed by atoms with Gasteiger partial charge in [-0.15, -0.1) is 0 Å². The molecule has 1 aliphatic rings. The largest absolute Gasteiger partial charge is 0.460 e. The summed E-state index contributed by atoms with van der Waals surface area (Å²) in [6, 6.07) is 18.7. The summed E-state index contributed by atoms with van der Waals surface area (Å²) >= 11 is 12.4. The fraction of sp³-hybridized carbons (Fsp3) is 0.258. The van der Waals surface area contributed by atoms with E-state index in [4.69, 9.17) is 32.7 Å². The number of anilines is 2. The minimum atomic E-state index is -3.82. The van der Waals surface area contributed by atoms with Gasteiger partial charge in [-0.2, -0.15) is 13.9 Å². The smallest absolute Gasteiger partial charge is 0.338 e. The Labute approximate surface area is 284 Å². The molecule has 248 valence electrons. The molecule has 4 aromatic rings. The molecule has 2 heterocycles. The van der Waals surface area contributed by atoms with Crippen molar-refractivity contribution in [3.05, 3.63) is 99.7 Å². The molecular formula is C31H30Cl2F2N5O5PS. The highest BCUT2D eigenvalue weighted by Gasteiger charge is 2.40. The van der Waals surface area contributed by atoms with Crippen LogP contribution in [0.2, 0.25) is 10.0 Å². The fourth-order valence-corrected chi connectivity index (χ4v) is 8.34. The second-order valence-corrected chi connectivity index (χ2v) is 14.6. The Morgan fingerprint density at radius 1 is 0.979 bits per heavy atom. The average molecular weight is 725 g/mol. The van der Waals surface area contributed by atoms with Gasteiger partial charge in [0.25, 0.3) is 19.1 Å². The molecule has 0 aliphatic carbocycles. The minimum Gasteiger partial charge on any atom is -0.460 e. The Morgan fingerprint density at radius 3 is 2.17 bits per heavy atom. The maximum absolute atomic E-state index is 15.3. The van der Waals surface area contributed by atoms with Gasteiger partial charge in [0.2, 0.25) is 0 Å². The van der Waals surface area contributed by atoms with Crippen molar-refractivity contribution in [1.82, 2.24) is 14.5 Å². The molecule has 1 amide bonds. The molecule has 2 N–H and O–H groups in total. The van der Waals surface area contributed by atoms with Gasteiger partial charge in [0.1, 0.15) is 17.7 Å². The molecule has 1 atom stereocenters. The number of hydrogen-bond donors (Lipinski definition) is 2. The summed E-state index contributed by atoms with van der Waals surface area (Å²) in [5.74, 6) is -3.54. The van der Waals surface area contributed by atoms with Crippen molar-refractivity contribution in [3.8, 4) is 0 Å². The van der Waals surface area contributed by atoms with Crippen LogP contribution in [-0.4, -0.2) is 65.0 Å². The lowest BCUT2D eigenvalue weighted by Crippen LogP contribution is -2.40. The van der Waals surface area contributed by atoms with Gasteiger partial charge in [-0.3, -0.25) is 9.36 Å². The zero-order valence-electron chi connectivity index (χ0n) is 25.0. The number of nitrogens with one attached hydrogen (secondary N) is 2. The molecule has 0 saturated carbocycles. The quantitative estimate of drug-likeness (QED) is 0.0891. The fourth-order valence-electron chi connectivity index (χ4n) is 4.88. The normalized spacial score (nSPS) is 14.9. The summed E-state index contributed by atoms with van der Waals surface area (Å²) in [7, 11) is -3.82. The van der Waals surface area contributed by atoms with Crippen molar-refractivity contribution >= 4 is 71.1 Å². The number of morpholine rings is 1. The van der Waals surface area contributed by atoms with Gasteiger partial charge in [0.15, 0.2) is 0 Å². The van der Waals surface area contributed by atoms with Crippen LogP contribution in [0.4, 0.5) is 20.3 Å². The summed E-state index contributed by atoms with van der Waals surface area (Å²) in [4.78, 5) is 26.5. The van der Waals surface area contributed by atoms with Crippen LogP contribution in [0.5, 0.6) is 0 Å². The Balaban J connectivity index is 1.51. The van der Waals surface area contributed by atoms with E-state index >= 15 is 4.57 Å². The first-order chi connectivity index (χ1) is 22.5. The number of carbonyl (C=O) groups excluding carboxylic acids is 2. The van der Waals surface area contributed by atoms with Gasteiger partial charge in [-0.05, 0) is 79.7 Å². The number of halogens is 4. The highest BCUT2D eigenvalue weighted by Crippen LogP contribution is 2.51. The number of thioether (sulfide) groups is 1. The van der Waals surface area contributed by atoms with E-state index < -0.39 is 25.1 Å². The molecule has 5 rings (SSSR count). The Hall–Kier alpha value is -3.45. The van der Waals surface area contributed by atoms with Crippen molar-refractivity contribution in [2.45, 2.75) is 24.1 Å². The van der Waals surface area contributed by atoms with Gasteiger partial charge < -0.3 is 19.9 Å². The first-order valence-corrected chi connectivity index (χ1v) is 17.7. The Bertz CT molecular complexity index is 1760. The molecule has 1 unspecified atom stereocenters. The van der Waals surface area contributed by atoms with Crippen molar-refractivity contribution in [3.63, 3.8) is 0 Å². The van der Waals surface area contributed by atoms with Gasteiger partial charge in [-0.1, -0.05) is 35.0 Å². The number of amides is 1. The molecular weight excluding hydrogens is 694 g/mol. The maximum Gasteiger partial charge on any atom is 0.338 e. The van der Waals surface area contributed by atoms with E-state index in [1.165, 1.54) is 16.8 Å². The molecule has 1 saturated heterocycles. The van der Waals surface area contributed by atoms with Crippen LogP contribution in [-0.2, 0) is 20.6 Å². The van der Waals surface area contributed by atoms with Crippen molar-refractivity contribution in [1.29, 1.82) is 0 Å². The number of aryl methyl sites for hydroxylation is 1. The molecule has 0 spiro atoms. The number of nitrogens with zero attached hydrogens (tertiary/aromatic N) is 3. The predicted octanol–water partition coefficient (Wildman–Crippen LogP) is 7.19. The van der Waals surface area contributed by atoms with Crippen LogP contribution < -0.4 is 15.7 Å². The third-order valence-electron chi connectivity index (χ3n) is 7.10. The number of alkyl halides is 2. The van der Waals surface area contributed by atoms with Crippen LogP contribution in [0.3, 0.4) is 0 Å². The van der Waals surface area contributed by atoms with E-state index in [1.807, 2.05) is 0 Å². The SMILES string of the molecule is Cc1nn(CCOC(=O)c2ccc(Cl)cc2)c(NC(=O)c2ccc(Cl)cc2)c1P(=O)(Nc1ccc(SC(F)F)cc1)N1CCOCC1. The minimum absolute atomic E-state index is 0.0130. The molecule has 3 aromatic carbocycles. The first kappa shape index (κ1) is 34.9. The van der Waals surface area contributed by atoms with E-state index in [2.05, 4.69) is 15.5 Å². The number of hydrogen-bond acceptors (Lipinski definition) is 7. The standard InChI is InChI=1S/C31H30Cl2F2N5O5PS/c1-20-27(46(43,39-14-17-44-18-15-39)38-25-10-12-26(13-11-25)47-31(34)35)28(36-29(41)21-2-6-23(32)7-3-21)40(37-20)16-19-45-30(42)22-4-8-24(33)9-5-22/h2-13,31H,14-19H2,1H3,(H,36,41)(H,38,43). The molecule has 1 aliphatic heterocycles. The Kier molecular flexibility index (Phi) is 11.6. The van der Waals surface area contributed by atoms with E-state index in [-0.39, 0.29) is 24.3 Å². The number of carbonyl (C=O) groups is 2. The topological polar surface area (TPSA) is 115 Å². The van der Waals surface area contributed by atoms with Crippen LogP contribution in [0.1, 0.15) is 26.4 Å². The van der Waals surface area contributed by atoms with E-state index in [0.29, 0.717) is 75.5 Å². The average Bonchev–Trinajstić information content (AvgIpc) is 3.37. The molecule has 1 aromatic heterocycles. The number of esters is 1. The summed E-state index contributed by atoms with van der Waals surface area (Å²) in [5.41, 5.74) is 1.37. The van der Waals surface area contributed by atoms with Crippen molar-refractivity contribution in [2.24, 2.45) is 0 Å². The van der Waals surface area contributed by atoms with E-state index in [0.717, 1.165) is 0 Å². The summed E-state index contributed by atoms with van der Waals surface area (Å²) in [5, 5.41) is 11.8. The zero-order valence-corrected chi connectivity index (χ0v) is 28.2. The highest BCUT2D eigenvalue weighted by atomic mass is 35.5. The van der Waals surface area contributed by atoms with Gasteiger partial charge in [-0.25, -0.2) is 14.1 Å². The van der Waals surface area contributed by atoms with E-state index in [9.17, 15) is 18.4 Å². The second kappa shape index (κ2) is 15.6. The predicted molar refractivity (Wildman–Crippen MR) is 180 cm³/mol.